The molecule has 1 amide bonds. The molecule has 1 atom stereocenters. The van der Waals surface area contributed by atoms with E-state index < -0.39 is 0 Å². The van der Waals surface area contributed by atoms with Crippen molar-refractivity contribution in [3.8, 4) is 0 Å². The average Bonchev–Trinajstić information content (AvgIpc) is 2.86. The molecule has 0 radical (unpaired) electrons. The lowest BCUT2D eigenvalue weighted by Gasteiger charge is -2.12. The van der Waals surface area contributed by atoms with Gasteiger partial charge in [-0.3, -0.25) is 4.79 Å². The SMILES string of the molecule is CCC(C)C(=O)Nc1ccnn1Cc1ccccc1. The first kappa shape index (κ1) is 13.3. The van der Waals surface area contributed by atoms with Gasteiger partial charge in [0.25, 0.3) is 0 Å². The van der Waals surface area contributed by atoms with E-state index in [4.69, 9.17) is 0 Å². The highest BCUT2D eigenvalue weighted by Crippen LogP contribution is 2.12. The first-order valence-electron chi connectivity index (χ1n) is 6.57. The molecule has 0 fully saturated rings. The van der Waals surface area contributed by atoms with E-state index in [1.807, 2.05) is 50.2 Å². The number of nitrogens with zero attached hydrogens (tertiary/aromatic N) is 2. The molecule has 1 N–H and O–H groups in total. The summed E-state index contributed by atoms with van der Waals surface area (Å²) in [7, 11) is 0. The summed E-state index contributed by atoms with van der Waals surface area (Å²) in [6.45, 7) is 4.59. The van der Waals surface area contributed by atoms with Crippen LogP contribution in [0.25, 0.3) is 0 Å². The maximum atomic E-state index is 11.9. The van der Waals surface area contributed by atoms with Gasteiger partial charge in [0.1, 0.15) is 5.82 Å². The van der Waals surface area contributed by atoms with Crippen LogP contribution < -0.4 is 5.32 Å². The Kier molecular flexibility index (Phi) is 4.34. The molecule has 0 aliphatic carbocycles. The molecule has 0 aliphatic rings. The zero-order valence-corrected chi connectivity index (χ0v) is 11.3. The van der Waals surface area contributed by atoms with Crippen LogP contribution in [0.15, 0.2) is 42.6 Å². The number of nitrogens with one attached hydrogen (secondary N) is 1. The van der Waals surface area contributed by atoms with Crippen LogP contribution in [0.2, 0.25) is 0 Å². The van der Waals surface area contributed by atoms with Gasteiger partial charge < -0.3 is 5.32 Å². The zero-order chi connectivity index (χ0) is 13.7. The molecule has 0 aliphatic heterocycles. The van der Waals surface area contributed by atoms with Crippen LogP contribution in [0, 0.1) is 5.92 Å². The molecule has 0 spiro atoms. The van der Waals surface area contributed by atoms with E-state index in [-0.39, 0.29) is 11.8 Å². The Hall–Kier alpha value is -2.10. The fraction of sp³-hybridized carbons (Fsp3) is 0.333. The number of carbonyl (C=O) groups is 1. The van der Waals surface area contributed by atoms with Crippen molar-refractivity contribution in [2.45, 2.75) is 26.8 Å². The van der Waals surface area contributed by atoms with Crippen molar-refractivity contribution >= 4 is 11.7 Å². The second-order valence-corrected chi connectivity index (χ2v) is 4.66. The maximum absolute atomic E-state index is 11.9. The number of benzene rings is 1. The van der Waals surface area contributed by atoms with Gasteiger partial charge in [-0.2, -0.15) is 5.10 Å². The summed E-state index contributed by atoms with van der Waals surface area (Å²) in [6, 6.07) is 11.9. The number of aromatic nitrogens is 2. The van der Waals surface area contributed by atoms with Gasteiger partial charge in [-0.15, -0.1) is 0 Å². The first-order chi connectivity index (χ1) is 9.20. The summed E-state index contributed by atoms with van der Waals surface area (Å²) in [5.41, 5.74) is 1.16. The second-order valence-electron chi connectivity index (χ2n) is 4.66. The molecule has 1 unspecified atom stereocenters. The Balaban J connectivity index is 2.08. The number of carbonyl (C=O) groups excluding carboxylic acids is 1. The largest absolute Gasteiger partial charge is 0.311 e. The monoisotopic (exact) mass is 257 g/mol. The first-order valence-corrected chi connectivity index (χ1v) is 6.57. The number of anilines is 1. The lowest BCUT2D eigenvalue weighted by molar-refractivity contribution is -0.119. The second kappa shape index (κ2) is 6.18. The van der Waals surface area contributed by atoms with Gasteiger partial charge in [0.15, 0.2) is 0 Å². The minimum absolute atomic E-state index is 0.0140. The van der Waals surface area contributed by atoms with Crippen LogP contribution in [0.4, 0.5) is 5.82 Å². The third kappa shape index (κ3) is 3.44. The van der Waals surface area contributed by atoms with Crippen LogP contribution in [-0.4, -0.2) is 15.7 Å². The highest BCUT2D eigenvalue weighted by molar-refractivity contribution is 5.91. The van der Waals surface area contributed by atoms with Gasteiger partial charge in [-0.25, -0.2) is 4.68 Å². The molecule has 2 rings (SSSR count). The third-order valence-electron chi connectivity index (χ3n) is 3.20. The maximum Gasteiger partial charge on any atom is 0.228 e. The lowest BCUT2D eigenvalue weighted by Crippen LogP contribution is -2.22. The van der Waals surface area contributed by atoms with Crippen molar-refractivity contribution in [2.24, 2.45) is 5.92 Å². The van der Waals surface area contributed by atoms with Crippen molar-refractivity contribution in [1.82, 2.24) is 9.78 Å². The summed E-state index contributed by atoms with van der Waals surface area (Å²) in [6.07, 6.45) is 2.54. The molecule has 0 saturated carbocycles. The minimum atomic E-state index is 0.0140. The quantitative estimate of drug-likeness (QED) is 0.895. The summed E-state index contributed by atoms with van der Waals surface area (Å²) in [4.78, 5) is 11.9. The van der Waals surface area contributed by atoms with Crippen LogP contribution in [-0.2, 0) is 11.3 Å². The Morgan fingerprint density at radius 1 is 1.32 bits per heavy atom. The molecule has 2 aromatic rings. The molecule has 0 bridgehead atoms. The van der Waals surface area contributed by atoms with Crippen molar-refractivity contribution in [3.63, 3.8) is 0 Å². The number of amides is 1. The molecule has 19 heavy (non-hydrogen) atoms. The van der Waals surface area contributed by atoms with Gasteiger partial charge >= 0.3 is 0 Å². The van der Waals surface area contributed by atoms with Crippen molar-refractivity contribution in [2.75, 3.05) is 5.32 Å². The minimum Gasteiger partial charge on any atom is -0.311 e. The Morgan fingerprint density at radius 3 is 2.74 bits per heavy atom. The van der Waals surface area contributed by atoms with Gasteiger partial charge in [0.05, 0.1) is 12.7 Å². The van der Waals surface area contributed by atoms with Gasteiger partial charge in [0.2, 0.25) is 5.91 Å². The van der Waals surface area contributed by atoms with Crippen LogP contribution in [0.1, 0.15) is 25.8 Å². The highest BCUT2D eigenvalue weighted by atomic mass is 16.1. The van der Waals surface area contributed by atoms with Crippen molar-refractivity contribution in [1.29, 1.82) is 0 Å². The van der Waals surface area contributed by atoms with Crippen molar-refractivity contribution < 1.29 is 4.79 Å². The highest BCUT2D eigenvalue weighted by Gasteiger charge is 2.12. The van der Waals surface area contributed by atoms with E-state index in [0.717, 1.165) is 17.8 Å². The smallest absolute Gasteiger partial charge is 0.228 e. The normalized spacial score (nSPS) is 12.1. The molecule has 1 aromatic carbocycles. The lowest BCUT2D eigenvalue weighted by atomic mass is 10.1. The third-order valence-corrected chi connectivity index (χ3v) is 3.20. The summed E-state index contributed by atoms with van der Waals surface area (Å²) >= 11 is 0. The van der Waals surface area contributed by atoms with Crippen molar-refractivity contribution in [3.05, 3.63) is 48.2 Å². The molecule has 4 heteroatoms. The van der Waals surface area contributed by atoms with Crippen LogP contribution >= 0.6 is 0 Å². The van der Waals surface area contributed by atoms with Crippen LogP contribution in [0.3, 0.4) is 0 Å². The predicted octanol–water partition coefficient (Wildman–Crippen LogP) is 2.92. The van der Waals surface area contributed by atoms with E-state index in [1.165, 1.54) is 0 Å². The molecule has 100 valence electrons. The van der Waals surface area contributed by atoms with E-state index in [2.05, 4.69) is 10.4 Å². The Labute approximate surface area is 113 Å². The van der Waals surface area contributed by atoms with Gasteiger partial charge in [-0.1, -0.05) is 44.2 Å². The van der Waals surface area contributed by atoms with Gasteiger partial charge in [-0.05, 0) is 12.0 Å². The predicted molar refractivity (Wildman–Crippen MR) is 75.9 cm³/mol. The number of hydrogen-bond acceptors (Lipinski definition) is 2. The zero-order valence-electron chi connectivity index (χ0n) is 11.3. The standard InChI is InChI=1S/C15H19N3O/c1-3-12(2)15(19)17-14-9-10-16-18(14)11-13-7-5-4-6-8-13/h4-10,12H,3,11H2,1-2H3,(H,17,19). The number of rotatable bonds is 5. The molecule has 4 nitrogen and oxygen atoms in total. The van der Waals surface area contributed by atoms with E-state index in [0.29, 0.717) is 6.54 Å². The van der Waals surface area contributed by atoms with E-state index in [1.54, 1.807) is 10.9 Å². The number of hydrogen-bond donors (Lipinski definition) is 1. The van der Waals surface area contributed by atoms with E-state index >= 15 is 0 Å². The van der Waals surface area contributed by atoms with E-state index in [9.17, 15) is 4.79 Å². The Morgan fingerprint density at radius 2 is 2.05 bits per heavy atom. The Bertz CT molecular complexity index is 533. The molecular formula is C15H19N3O. The fourth-order valence-corrected chi connectivity index (χ4v) is 1.76. The average molecular weight is 257 g/mol. The summed E-state index contributed by atoms with van der Waals surface area (Å²) in [5, 5.41) is 7.17. The summed E-state index contributed by atoms with van der Waals surface area (Å²) in [5.74, 6) is 0.798. The molecular weight excluding hydrogens is 238 g/mol. The van der Waals surface area contributed by atoms with Gasteiger partial charge in [0, 0.05) is 12.0 Å². The fourth-order valence-electron chi connectivity index (χ4n) is 1.76. The molecule has 1 aromatic heterocycles. The molecule has 0 saturated heterocycles. The van der Waals surface area contributed by atoms with Crippen LogP contribution in [0.5, 0.6) is 0 Å². The summed E-state index contributed by atoms with van der Waals surface area (Å²) < 4.78 is 1.80. The molecule has 1 heterocycles. The topological polar surface area (TPSA) is 46.9 Å².